The Hall–Kier alpha value is -0.520. The highest BCUT2D eigenvalue weighted by Crippen LogP contribution is 2.28. The Balaban J connectivity index is 1.90. The summed E-state index contributed by atoms with van der Waals surface area (Å²) in [4.78, 5) is 1.27. The van der Waals surface area contributed by atoms with E-state index in [1.165, 1.54) is 35.7 Å². The van der Waals surface area contributed by atoms with E-state index >= 15 is 0 Å². The Kier molecular flexibility index (Phi) is 5.35. The molecule has 0 spiro atoms. The van der Waals surface area contributed by atoms with Crippen LogP contribution in [-0.2, 0) is 4.74 Å². The van der Waals surface area contributed by atoms with Crippen LogP contribution in [0.1, 0.15) is 43.5 Å². The largest absolute Gasteiger partial charge is 0.381 e. The van der Waals surface area contributed by atoms with Crippen LogP contribution in [0.3, 0.4) is 0 Å². The van der Waals surface area contributed by atoms with Crippen molar-refractivity contribution in [3.8, 4) is 0 Å². The number of nitrogens with zero attached hydrogens (tertiary/aromatic N) is 2. The van der Waals surface area contributed by atoms with Crippen molar-refractivity contribution in [3.63, 3.8) is 0 Å². The van der Waals surface area contributed by atoms with Gasteiger partial charge in [-0.15, -0.1) is 5.10 Å². The summed E-state index contributed by atoms with van der Waals surface area (Å²) in [6, 6.07) is 0.429. The van der Waals surface area contributed by atoms with E-state index in [9.17, 15) is 0 Å². The molecule has 1 fully saturated rings. The van der Waals surface area contributed by atoms with Gasteiger partial charge in [0, 0.05) is 19.3 Å². The second-order valence-electron chi connectivity index (χ2n) is 4.62. The summed E-state index contributed by atoms with van der Waals surface area (Å²) in [5, 5.41) is 7.56. The van der Waals surface area contributed by atoms with Gasteiger partial charge in [0.25, 0.3) is 0 Å². The van der Waals surface area contributed by atoms with Gasteiger partial charge in [0.15, 0.2) is 0 Å². The first kappa shape index (κ1) is 12.9. The van der Waals surface area contributed by atoms with E-state index in [1.807, 2.05) is 6.20 Å². The van der Waals surface area contributed by atoms with Crippen molar-refractivity contribution in [1.29, 1.82) is 0 Å². The summed E-state index contributed by atoms with van der Waals surface area (Å²) >= 11 is 1.52. The van der Waals surface area contributed by atoms with Crippen LogP contribution in [0.2, 0.25) is 0 Å². The van der Waals surface area contributed by atoms with Crippen LogP contribution >= 0.6 is 11.5 Å². The molecule has 0 aromatic carbocycles. The van der Waals surface area contributed by atoms with E-state index in [-0.39, 0.29) is 0 Å². The predicted molar refractivity (Wildman–Crippen MR) is 69.1 cm³/mol. The molecule has 1 aliphatic rings. The first-order valence-electron chi connectivity index (χ1n) is 6.48. The smallest absolute Gasteiger partial charge is 0.0669 e. The van der Waals surface area contributed by atoms with Gasteiger partial charge in [0.05, 0.1) is 11.1 Å². The van der Waals surface area contributed by atoms with E-state index in [2.05, 4.69) is 21.8 Å². The van der Waals surface area contributed by atoms with Crippen LogP contribution in [0, 0.1) is 5.92 Å². The monoisotopic (exact) mass is 255 g/mol. The average Bonchev–Trinajstić information content (AvgIpc) is 2.89. The van der Waals surface area contributed by atoms with Crippen molar-refractivity contribution in [2.24, 2.45) is 5.92 Å². The fourth-order valence-electron chi connectivity index (χ4n) is 2.26. The second kappa shape index (κ2) is 7.03. The van der Waals surface area contributed by atoms with E-state index in [4.69, 9.17) is 4.74 Å². The molecule has 1 N–H and O–H groups in total. The number of ether oxygens (including phenoxy) is 1. The Morgan fingerprint density at radius 3 is 3.00 bits per heavy atom. The van der Waals surface area contributed by atoms with Crippen molar-refractivity contribution >= 4 is 11.5 Å². The van der Waals surface area contributed by atoms with Crippen molar-refractivity contribution in [2.75, 3.05) is 19.8 Å². The van der Waals surface area contributed by atoms with Gasteiger partial charge >= 0.3 is 0 Å². The van der Waals surface area contributed by atoms with E-state index in [1.54, 1.807) is 0 Å². The molecule has 4 nitrogen and oxygen atoms in total. The molecule has 1 aromatic rings. The standard InChI is InChI=1S/C12H21N3OS/c1-2-5-13-11(12-9-14-15-17-12)8-10-3-6-16-7-4-10/h9-11,13H,2-8H2,1H3. The molecule has 17 heavy (non-hydrogen) atoms. The third-order valence-electron chi connectivity index (χ3n) is 3.27. The molecule has 0 bridgehead atoms. The molecule has 1 atom stereocenters. The van der Waals surface area contributed by atoms with Crippen molar-refractivity contribution < 1.29 is 4.74 Å². The van der Waals surface area contributed by atoms with E-state index < -0.39 is 0 Å². The van der Waals surface area contributed by atoms with Crippen molar-refractivity contribution in [3.05, 3.63) is 11.1 Å². The molecule has 1 aliphatic heterocycles. The summed E-state index contributed by atoms with van der Waals surface area (Å²) in [6.07, 6.45) is 6.63. The number of aromatic nitrogens is 2. The molecule has 2 rings (SSSR count). The molecule has 0 aliphatic carbocycles. The van der Waals surface area contributed by atoms with Gasteiger partial charge in [-0.2, -0.15) is 0 Å². The third-order valence-corrected chi connectivity index (χ3v) is 4.05. The Morgan fingerprint density at radius 1 is 1.53 bits per heavy atom. The second-order valence-corrected chi connectivity index (χ2v) is 5.44. The van der Waals surface area contributed by atoms with Crippen LogP contribution in [0.5, 0.6) is 0 Å². The molecule has 1 unspecified atom stereocenters. The summed E-state index contributed by atoms with van der Waals surface area (Å²) in [6.45, 7) is 5.10. The molecule has 96 valence electrons. The molecule has 2 heterocycles. The molecule has 5 heteroatoms. The zero-order valence-corrected chi connectivity index (χ0v) is 11.2. The number of rotatable bonds is 6. The first-order valence-corrected chi connectivity index (χ1v) is 7.26. The lowest BCUT2D eigenvalue weighted by molar-refractivity contribution is 0.0606. The van der Waals surface area contributed by atoms with Crippen LogP contribution in [0.15, 0.2) is 6.20 Å². The molecule has 1 saturated heterocycles. The molecule has 0 amide bonds. The first-order chi connectivity index (χ1) is 8.40. The maximum atomic E-state index is 5.41. The minimum atomic E-state index is 0.429. The summed E-state index contributed by atoms with van der Waals surface area (Å²) in [5.41, 5.74) is 0. The average molecular weight is 255 g/mol. The fourth-order valence-corrected chi connectivity index (χ4v) is 2.85. The van der Waals surface area contributed by atoms with Crippen LogP contribution in [0.4, 0.5) is 0 Å². The van der Waals surface area contributed by atoms with Crippen molar-refractivity contribution in [1.82, 2.24) is 14.9 Å². The van der Waals surface area contributed by atoms with Gasteiger partial charge in [-0.05, 0) is 49.7 Å². The molecule has 1 aromatic heterocycles. The molecule has 0 radical (unpaired) electrons. The van der Waals surface area contributed by atoms with Gasteiger partial charge in [0.1, 0.15) is 0 Å². The predicted octanol–water partition coefficient (Wildman–Crippen LogP) is 2.40. The minimum Gasteiger partial charge on any atom is -0.381 e. The van der Waals surface area contributed by atoms with Gasteiger partial charge in [-0.1, -0.05) is 11.4 Å². The van der Waals surface area contributed by atoms with Gasteiger partial charge in [0.2, 0.25) is 0 Å². The maximum Gasteiger partial charge on any atom is 0.0669 e. The number of hydrogen-bond acceptors (Lipinski definition) is 5. The Bertz CT molecular complexity index is 299. The quantitative estimate of drug-likeness (QED) is 0.848. The number of hydrogen-bond donors (Lipinski definition) is 1. The number of nitrogens with one attached hydrogen (secondary N) is 1. The van der Waals surface area contributed by atoms with Crippen LogP contribution < -0.4 is 5.32 Å². The van der Waals surface area contributed by atoms with Crippen molar-refractivity contribution in [2.45, 2.75) is 38.6 Å². The van der Waals surface area contributed by atoms with Gasteiger partial charge in [-0.3, -0.25) is 0 Å². The zero-order valence-electron chi connectivity index (χ0n) is 10.4. The summed E-state index contributed by atoms with van der Waals surface area (Å²) in [7, 11) is 0. The van der Waals surface area contributed by atoms with Gasteiger partial charge < -0.3 is 10.1 Å². The fraction of sp³-hybridized carbons (Fsp3) is 0.833. The normalized spacial score (nSPS) is 19.4. The van der Waals surface area contributed by atoms with Crippen LogP contribution in [0.25, 0.3) is 0 Å². The molecule has 0 saturated carbocycles. The third kappa shape index (κ3) is 4.01. The maximum absolute atomic E-state index is 5.41. The van der Waals surface area contributed by atoms with Crippen LogP contribution in [-0.4, -0.2) is 29.3 Å². The zero-order chi connectivity index (χ0) is 11.9. The lowest BCUT2D eigenvalue weighted by Gasteiger charge is -2.26. The highest BCUT2D eigenvalue weighted by atomic mass is 32.1. The highest BCUT2D eigenvalue weighted by molar-refractivity contribution is 7.05. The highest BCUT2D eigenvalue weighted by Gasteiger charge is 2.21. The SMILES string of the molecule is CCCNC(CC1CCOCC1)c1cnns1. The van der Waals surface area contributed by atoms with Gasteiger partial charge in [-0.25, -0.2) is 0 Å². The van der Waals surface area contributed by atoms with E-state index in [0.717, 1.165) is 32.1 Å². The molecular weight excluding hydrogens is 234 g/mol. The summed E-state index contributed by atoms with van der Waals surface area (Å²) in [5.74, 6) is 0.778. The lowest BCUT2D eigenvalue weighted by Crippen LogP contribution is -2.26. The lowest BCUT2D eigenvalue weighted by atomic mass is 9.92. The Morgan fingerprint density at radius 2 is 2.35 bits per heavy atom. The summed E-state index contributed by atoms with van der Waals surface area (Å²) < 4.78 is 9.38. The topological polar surface area (TPSA) is 47.0 Å². The minimum absolute atomic E-state index is 0.429. The Labute approximate surface area is 107 Å². The van der Waals surface area contributed by atoms with E-state index in [0.29, 0.717) is 6.04 Å². The molecular formula is C12H21N3OS.